The summed E-state index contributed by atoms with van der Waals surface area (Å²) in [6.07, 6.45) is 3.40. The van der Waals surface area contributed by atoms with Crippen LogP contribution < -0.4 is 10.1 Å². The van der Waals surface area contributed by atoms with E-state index in [-0.39, 0.29) is 35.5 Å². The Hall–Kier alpha value is -2.57. The molecular formula is C22H27N3O4. The maximum Gasteiger partial charge on any atom is 0.258 e. The smallest absolute Gasteiger partial charge is 0.258 e. The number of fused-ring (bicyclic) bond motifs is 3. The highest BCUT2D eigenvalue weighted by atomic mass is 16.5. The molecule has 7 heteroatoms. The number of amides is 3. The first-order valence-electron chi connectivity index (χ1n) is 10.6. The van der Waals surface area contributed by atoms with Crippen molar-refractivity contribution in [1.29, 1.82) is 0 Å². The van der Waals surface area contributed by atoms with Crippen LogP contribution in [0.5, 0.6) is 5.75 Å². The molecule has 1 saturated heterocycles. The minimum absolute atomic E-state index is 0.0130. The molecule has 6 rings (SSSR count). The quantitative estimate of drug-likeness (QED) is 0.781. The second kappa shape index (κ2) is 6.75. The molecule has 29 heavy (non-hydrogen) atoms. The zero-order valence-corrected chi connectivity index (χ0v) is 16.7. The average Bonchev–Trinajstić information content (AvgIpc) is 2.73. The van der Waals surface area contributed by atoms with E-state index in [1.165, 1.54) is 0 Å². The molecule has 1 aromatic carbocycles. The number of hydrogen-bond acceptors (Lipinski definition) is 4. The van der Waals surface area contributed by atoms with Gasteiger partial charge in [0.05, 0.1) is 5.56 Å². The molecule has 2 aliphatic heterocycles. The number of piperazine rings is 1. The van der Waals surface area contributed by atoms with Crippen molar-refractivity contribution in [2.24, 2.45) is 17.8 Å². The molecule has 5 aliphatic rings. The highest BCUT2D eigenvalue weighted by molar-refractivity contribution is 5.98. The molecule has 3 amide bonds. The van der Waals surface area contributed by atoms with Crippen LogP contribution in [0, 0.1) is 17.8 Å². The van der Waals surface area contributed by atoms with E-state index in [1.807, 2.05) is 23.1 Å². The Kier molecular flexibility index (Phi) is 4.29. The van der Waals surface area contributed by atoms with Crippen LogP contribution in [0.25, 0.3) is 0 Å². The number of carbonyl (C=O) groups excluding carboxylic acids is 3. The van der Waals surface area contributed by atoms with E-state index in [2.05, 4.69) is 5.32 Å². The summed E-state index contributed by atoms with van der Waals surface area (Å²) in [5.74, 6) is 1.18. The van der Waals surface area contributed by atoms with E-state index < -0.39 is 5.72 Å². The van der Waals surface area contributed by atoms with Crippen LogP contribution in [0.4, 0.5) is 0 Å². The van der Waals surface area contributed by atoms with Gasteiger partial charge in [0.15, 0.2) is 5.72 Å². The van der Waals surface area contributed by atoms with E-state index in [4.69, 9.17) is 4.74 Å². The van der Waals surface area contributed by atoms with Gasteiger partial charge in [-0.1, -0.05) is 12.1 Å². The first-order chi connectivity index (χ1) is 14.0. The lowest BCUT2D eigenvalue weighted by molar-refractivity contribution is -0.158. The SMILES string of the molecule is CC(=O)N1CCN(C(=O)C2CC3CCC2CC32NC(=O)c3ccccc3O2)CC1. The van der Waals surface area contributed by atoms with Gasteiger partial charge < -0.3 is 19.9 Å². The zero-order chi connectivity index (χ0) is 20.2. The Morgan fingerprint density at radius 2 is 1.83 bits per heavy atom. The third-order valence-electron chi connectivity index (χ3n) is 7.32. The van der Waals surface area contributed by atoms with Gasteiger partial charge in [0.2, 0.25) is 11.8 Å². The Labute approximate surface area is 170 Å². The lowest BCUT2D eigenvalue weighted by Gasteiger charge is -2.55. The fourth-order valence-electron chi connectivity index (χ4n) is 5.74. The van der Waals surface area contributed by atoms with E-state index in [0.717, 1.165) is 19.3 Å². The summed E-state index contributed by atoms with van der Waals surface area (Å²) in [6.45, 7) is 4.02. The molecule has 3 saturated carbocycles. The van der Waals surface area contributed by atoms with Crippen molar-refractivity contribution in [3.8, 4) is 5.75 Å². The van der Waals surface area contributed by atoms with Crippen molar-refractivity contribution in [3.05, 3.63) is 29.8 Å². The summed E-state index contributed by atoms with van der Waals surface area (Å²) >= 11 is 0. The van der Waals surface area contributed by atoms with E-state index in [1.54, 1.807) is 17.9 Å². The molecule has 3 aliphatic carbocycles. The van der Waals surface area contributed by atoms with Crippen molar-refractivity contribution < 1.29 is 19.1 Å². The molecule has 1 spiro atoms. The molecule has 1 aromatic rings. The van der Waals surface area contributed by atoms with Crippen LogP contribution in [-0.4, -0.2) is 59.4 Å². The maximum atomic E-state index is 13.2. The van der Waals surface area contributed by atoms with Crippen LogP contribution in [0.3, 0.4) is 0 Å². The molecule has 4 unspecified atom stereocenters. The van der Waals surface area contributed by atoms with Crippen molar-refractivity contribution in [2.45, 2.75) is 38.3 Å². The summed E-state index contributed by atoms with van der Waals surface area (Å²) in [5, 5.41) is 3.15. The number of nitrogens with one attached hydrogen (secondary N) is 1. The van der Waals surface area contributed by atoms with Crippen LogP contribution >= 0.6 is 0 Å². The highest BCUT2D eigenvalue weighted by Crippen LogP contribution is 2.52. The second-order valence-electron chi connectivity index (χ2n) is 8.85. The fourth-order valence-corrected chi connectivity index (χ4v) is 5.74. The number of ether oxygens (including phenoxy) is 1. The molecule has 0 radical (unpaired) electrons. The Bertz CT molecular complexity index is 863. The van der Waals surface area contributed by atoms with Crippen molar-refractivity contribution in [3.63, 3.8) is 0 Å². The topological polar surface area (TPSA) is 79.0 Å². The third kappa shape index (κ3) is 2.98. The van der Waals surface area contributed by atoms with Gasteiger partial charge in [-0.2, -0.15) is 0 Å². The Morgan fingerprint density at radius 1 is 1.10 bits per heavy atom. The second-order valence-corrected chi connectivity index (χ2v) is 8.85. The molecule has 2 bridgehead atoms. The first kappa shape index (κ1) is 18.5. The molecule has 7 nitrogen and oxygen atoms in total. The minimum Gasteiger partial charge on any atom is -0.467 e. The standard InChI is InChI=1S/C22H27N3O4/c1-14(26)24-8-10-25(11-9-24)21(28)18-12-16-7-6-15(18)13-22(16)23-20(27)17-4-2-3-5-19(17)29-22/h2-5,15-16,18H,6-13H2,1H3,(H,23,27). The van der Waals surface area contributed by atoms with Crippen molar-refractivity contribution >= 4 is 17.7 Å². The molecule has 1 N–H and O–H groups in total. The van der Waals surface area contributed by atoms with Crippen LogP contribution in [0.15, 0.2) is 24.3 Å². The summed E-state index contributed by atoms with van der Waals surface area (Å²) < 4.78 is 6.38. The number of benzene rings is 1. The molecule has 4 fully saturated rings. The molecule has 2 heterocycles. The predicted octanol–water partition coefficient (Wildman–Crippen LogP) is 1.63. The van der Waals surface area contributed by atoms with Crippen LogP contribution in [-0.2, 0) is 9.59 Å². The van der Waals surface area contributed by atoms with Gasteiger partial charge in [-0.05, 0) is 37.3 Å². The molecule has 0 aromatic heterocycles. The number of para-hydroxylation sites is 1. The third-order valence-corrected chi connectivity index (χ3v) is 7.32. The summed E-state index contributed by atoms with van der Waals surface area (Å²) in [7, 11) is 0. The van der Waals surface area contributed by atoms with Crippen molar-refractivity contribution in [2.75, 3.05) is 26.2 Å². The Balaban J connectivity index is 1.31. The first-order valence-corrected chi connectivity index (χ1v) is 10.6. The van der Waals surface area contributed by atoms with Gasteiger partial charge >= 0.3 is 0 Å². The largest absolute Gasteiger partial charge is 0.467 e. The maximum absolute atomic E-state index is 13.2. The lowest BCUT2D eigenvalue weighted by Crippen LogP contribution is -2.67. The fraction of sp³-hybridized carbons (Fsp3) is 0.591. The monoisotopic (exact) mass is 397 g/mol. The van der Waals surface area contributed by atoms with Crippen LogP contribution in [0.1, 0.15) is 43.0 Å². The highest BCUT2D eigenvalue weighted by Gasteiger charge is 2.57. The minimum atomic E-state index is -0.682. The summed E-state index contributed by atoms with van der Waals surface area (Å²) in [5.41, 5.74) is -0.103. The normalized spacial score (nSPS) is 33.1. The number of nitrogens with zero attached hydrogens (tertiary/aromatic N) is 2. The Morgan fingerprint density at radius 3 is 2.52 bits per heavy atom. The summed E-state index contributed by atoms with van der Waals surface area (Å²) in [4.78, 5) is 41.2. The van der Waals surface area contributed by atoms with Gasteiger partial charge in [-0.25, -0.2) is 0 Å². The number of carbonyl (C=O) groups is 3. The van der Waals surface area contributed by atoms with Gasteiger partial charge in [0.1, 0.15) is 5.75 Å². The van der Waals surface area contributed by atoms with Crippen LogP contribution in [0.2, 0.25) is 0 Å². The van der Waals surface area contributed by atoms with Gasteiger partial charge in [0.25, 0.3) is 5.91 Å². The van der Waals surface area contributed by atoms with Gasteiger partial charge in [-0.3, -0.25) is 14.4 Å². The predicted molar refractivity (Wildman–Crippen MR) is 105 cm³/mol. The van der Waals surface area contributed by atoms with Gasteiger partial charge in [-0.15, -0.1) is 0 Å². The number of rotatable bonds is 1. The average molecular weight is 397 g/mol. The van der Waals surface area contributed by atoms with Gasteiger partial charge in [0, 0.05) is 51.4 Å². The van der Waals surface area contributed by atoms with Crippen molar-refractivity contribution in [1.82, 2.24) is 15.1 Å². The molecule has 154 valence electrons. The molecular weight excluding hydrogens is 370 g/mol. The lowest BCUT2D eigenvalue weighted by atomic mass is 9.59. The van der Waals surface area contributed by atoms with E-state index in [9.17, 15) is 14.4 Å². The molecule has 4 atom stereocenters. The van der Waals surface area contributed by atoms with E-state index in [0.29, 0.717) is 43.9 Å². The summed E-state index contributed by atoms with van der Waals surface area (Å²) in [6, 6.07) is 7.37. The zero-order valence-electron chi connectivity index (χ0n) is 16.7. The van der Waals surface area contributed by atoms with E-state index >= 15 is 0 Å². The number of hydrogen-bond donors (Lipinski definition) is 1.